The smallest absolute Gasteiger partial charge is 0.367 e. The predicted octanol–water partition coefficient (Wildman–Crippen LogP) is 4.07. The van der Waals surface area contributed by atoms with E-state index in [1.54, 1.807) is 34.1 Å². The lowest BCUT2D eigenvalue weighted by Gasteiger charge is -2.35. The molecular formula is C24H27F3N2O3. The summed E-state index contributed by atoms with van der Waals surface area (Å²) in [5, 5.41) is 0. The van der Waals surface area contributed by atoms with Crippen LogP contribution in [0.15, 0.2) is 54.6 Å². The zero-order valence-electron chi connectivity index (χ0n) is 17.8. The van der Waals surface area contributed by atoms with Crippen molar-refractivity contribution >= 4 is 11.8 Å². The number of piperazine rings is 1. The summed E-state index contributed by atoms with van der Waals surface area (Å²) in [7, 11) is 0. The zero-order valence-corrected chi connectivity index (χ0v) is 17.8. The van der Waals surface area contributed by atoms with Crippen molar-refractivity contribution in [2.24, 2.45) is 0 Å². The van der Waals surface area contributed by atoms with E-state index in [-0.39, 0.29) is 18.4 Å². The highest BCUT2D eigenvalue weighted by atomic mass is 19.4. The van der Waals surface area contributed by atoms with Gasteiger partial charge in [0.1, 0.15) is 6.61 Å². The third kappa shape index (κ3) is 7.37. The minimum absolute atomic E-state index is 0.108. The van der Waals surface area contributed by atoms with Crippen LogP contribution in [0.1, 0.15) is 34.3 Å². The molecule has 0 unspecified atom stereocenters. The third-order valence-corrected chi connectivity index (χ3v) is 5.35. The Bertz CT molecular complexity index is 878. The van der Waals surface area contributed by atoms with Crippen LogP contribution < -0.4 is 0 Å². The first-order valence-corrected chi connectivity index (χ1v) is 10.7. The summed E-state index contributed by atoms with van der Waals surface area (Å²) < 4.78 is 41.1. The average Bonchev–Trinajstić information content (AvgIpc) is 2.79. The van der Waals surface area contributed by atoms with Crippen LogP contribution in [0, 0.1) is 0 Å². The molecule has 1 aliphatic heterocycles. The van der Waals surface area contributed by atoms with E-state index in [1.807, 2.05) is 18.2 Å². The molecule has 0 bridgehead atoms. The molecule has 172 valence electrons. The van der Waals surface area contributed by atoms with Crippen molar-refractivity contribution in [3.8, 4) is 0 Å². The van der Waals surface area contributed by atoms with E-state index in [2.05, 4.69) is 16.9 Å². The first kappa shape index (κ1) is 23.8. The third-order valence-electron chi connectivity index (χ3n) is 5.35. The van der Waals surface area contributed by atoms with Gasteiger partial charge in [-0.2, -0.15) is 13.2 Å². The van der Waals surface area contributed by atoms with Crippen molar-refractivity contribution in [2.75, 3.05) is 32.8 Å². The molecule has 8 heteroatoms. The Morgan fingerprint density at radius 1 is 0.844 bits per heavy atom. The fourth-order valence-corrected chi connectivity index (χ4v) is 3.62. The van der Waals surface area contributed by atoms with Gasteiger partial charge in [-0.25, -0.2) is 0 Å². The van der Waals surface area contributed by atoms with E-state index >= 15 is 0 Å². The van der Waals surface area contributed by atoms with Crippen LogP contribution in [0.2, 0.25) is 0 Å². The van der Waals surface area contributed by atoms with Gasteiger partial charge in [-0.15, -0.1) is 0 Å². The number of ether oxygens (including phenoxy) is 1. The molecule has 1 fully saturated rings. The Balaban J connectivity index is 1.40. The number of aryl methyl sites for hydroxylation is 1. The summed E-state index contributed by atoms with van der Waals surface area (Å²) >= 11 is 0. The Morgan fingerprint density at radius 3 is 2.09 bits per heavy atom. The topological polar surface area (TPSA) is 49.9 Å². The minimum Gasteiger partial charge on any atom is -0.367 e. The summed E-state index contributed by atoms with van der Waals surface area (Å²) in [6.45, 7) is 0.444. The number of alkyl halides is 3. The number of benzene rings is 2. The van der Waals surface area contributed by atoms with Crippen LogP contribution in [0.4, 0.5) is 13.2 Å². The van der Waals surface area contributed by atoms with Gasteiger partial charge in [0.2, 0.25) is 5.91 Å². The maximum atomic E-state index is 12.7. The van der Waals surface area contributed by atoms with Gasteiger partial charge in [-0.3, -0.25) is 9.59 Å². The number of hydrogen-bond acceptors (Lipinski definition) is 3. The van der Waals surface area contributed by atoms with Crippen molar-refractivity contribution in [1.82, 2.24) is 9.80 Å². The van der Waals surface area contributed by atoms with Crippen molar-refractivity contribution in [2.45, 2.75) is 32.0 Å². The molecule has 1 saturated heterocycles. The molecule has 2 amide bonds. The molecule has 0 aliphatic carbocycles. The van der Waals surface area contributed by atoms with Crippen molar-refractivity contribution in [3.05, 3.63) is 71.3 Å². The van der Waals surface area contributed by atoms with E-state index < -0.39 is 12.8 Å². The minimum atomic E-state index is -4.36. The second-order valence-electron chi connectivity index (χ2n) is 7.82. The van der Waals surface area contributed by atoms with E-state index in [0.29, 0.717) is 43.7 Å². The fourth-order valence-electron chi connectivity index (χ4n) is 3.62. The Morgan fingerprint density at radius 2 is 1.47 bits per heavy atom. The van der Waals surface area contributed by atoms with Crippen molar-refractivity contribution in [1.29, 1.82) is 0 Å². The van der Waals surface area contributed by atoms with Crippen molar-refractivity contribution < 1.29 is 27.5 Å². The highest BCUT2D eigenvalue weighted by Crippen LogP contribution is 2.17. The molecule has 0 spiro atoms. The number of rotatable bonds is 8. The first-order chi connectivity index (χ1) is 15.3. The van der Waals surface area contributed by atoms with E-state index in [4.69, 9.17) is 0 Å². The van der Waals surface area contributed by atoms with E-state index in [1.165, 1.54) is 5.56 Å². The molecule has 0 N–H and O–H groups in total. The van der Waals surface area contributed by atoms with Crippen LogP contribution in [0.3, 0.4) is 0 Å². The van der Waals surface area contributed by atoms with Gasteiger partial charge in [-0.05, 0) is 36.1 Å². The quantitative estimate of drug-likeness (QED) is 0.612. The summed E-state index contributed by atoms with van der Waals surface area (Å²) in [5.74, 6) is -0.0415. The van der Waals surface area contributed by atoms with Crippen molar-refractivity contribution in [3.63, 3.8) is 0 Å². The molecule has 0 radical (unpaired) electrons. The first-order valence-electron chi connectivity index (χ1n) is 10.7. The highest BCUT2D eigenvalue weighted by molar-refractivity contribution is 5.94. The monoisotopic (exact) mass is 448 g/mol. The number of amides is 2. The number of carbonyl (C=O) groups is 2. The van der Waals surface area contributed by atoms with Crippen LogP contribution >= 0.6 is 0 Å². The lowest BCUT2D eigenvalue weighted by Crippen LogP contribution is -2.50. The van der Waals surface area contributed by atoms with Gasteiger partial charge in [0.05, 0.1) is 6.61 Å². The maximum Gasteiger partial charge on any atom is 0.411 e. The molecule has 0 aromatic heterocycles. The normalized spacial score (nSPS) is 14.5. The van der Waals surface area contributed by atoms with Gasteiger partial charge in [-0.1, -0.05) is 42.5 Å². The van der Waals surface area contributed by atoms with E-state index in [9.17, 15) is 22.8 Å². The van der Waals surface area contributed by atoms with Crippen LogP contribution in [-0.2, 0) is 22.6 Å². The van der Waals surface area contributed by atoms with Crippen LogP contribution in [0.5, 0.6) is 0 Å². The van der Waals surface area contributed by atoms with E-state index in [0.717, 1.165) is 12.8 Å². The molecule has 0 atom stereocenters. The molecule has 32 heavy (non-hydrogen) atoms. The van der Waals surface area contributed by atoms with Gasteiger partial charge >= 0.3 is 6.18 Å². The number of hydrogen-bond donors (Lipinski definition) is 0. The van der Waals surface area contributed by atoms with Gasteiger partial charge < -0.3 is 14.5 Å². The van der Waals surface area contributed by atoms with Gasteiger partial charge in [0, 0.05) is 38.2 Å². The predicted molar refractivity (Wildman–Crippen MR) is 114 cm³/mol. The number of nitrogens with zero attached hydrogens (tertiary/aromatic N) is 2. The summed E-state index contributed by atoms with van der Waals surface area (Å²) in [6, 6.07) is 16.4. The Kier molecular flexibility index (Phi) is 8.27. The summed E-state index contributed by atoms with van der Waals surface area (Å²) in [4.78, 5) is 28.7. The van der Waals surface area contributed by atoms with Gasteiger partial charge in [0.15, 0.2) is 0 Å². The number of halogens is 3. The molecule has 1 aliphatic rings. The molecule has 0 saturated carbocycles. The van der Waals surface area contributed by atoms with Crippen LogP contribution in [-0.4, -0.2) is 60.6 Å². The maximum absolute atomic E-state index is 12.7. The molecular weight excluding hydrogens is 421 g/mol. The Hall–Kier alpha value is -2.87. The second kappa shape index (κ2) is 11.1. The second-order valence-corrected chi connectivity index (χ2v) is 7.82. The molecule has 2 aromatic carbocycles. The van der Waals surface area contributed by atoms with Gasteiger partial charge in [0.25, 0.3) is 5.91 Å². The standard InChI is InChI=1S/C24H27F3N2O3/c25-24(26,27)18-32-17-20-9-11-21(12-10-20)23(31)29-15-13-28(14-16-29)22(30)8-4-7-19-5-2-1-3-6-19/h1-3,5-6,9-12H,4,7-8,13-18H2. The lowest BCUT2D eigenvalue weighted by atomic mass is 10.1. The summed E-state index contributed by atoms with van der Waals surface area (Å²) in [6.07, 6.45) is -2.22. The molecule has 5 nitrogen and oxygen atoms in total. The Labute approximate surface area is 185 Å². The fraction of sp³-hybridized carbons (Fsp3) is 0.417. The molecule has 3 rings (SSSR count). The molecule has 1 heterocycles. The SMILES string of the molecule is O=C(CCCc1ccccc1)N1CCN(C(=O)c2ccc(COCC(F)(F)F)cc2)CC1. The average molecular weight is 448 g/mol. The van der Waals surface area contributed by atoms with Crippen LogP contribution in [0.25, 0.3) is 0 Å². The number of carbonyl (C=O) groups excluding carboxylic acids is 2. The summed E-state index contributed by atoms with van der Waals surface area (Å²) in [5.41, 5.74) is 2.25. The molecule has 2 aromatic rings. The highest BCUT2D eigenvalue weighted by Gasteiger charge is 2.27. The lowest BCUT2D eigenvalue weighted by molar-refractivity contribution is -0.176. The largest absolute Gasteiger partial charge is 0.411 e. The zero-order chi connectivity index (χ0) is 23.0.